The van der Waals surface area contributed by atoms with E-state index in [-0.39, 0.29) is 30.5 Å². The number of nitrogens with two attached hydrogens (primary N) is 1. The fraction of sp³-hybridized carbons (Fsp3) is 0.615. The number of thiophene rings is 1. The highest BCUT2D eigenvalue weighted by Gasteiger charge is 2.18. The summed E-state index contributed by atoms with van der Waals surface area (Å²) < 4.78 is 0.677. The van der Waals surface area contributed by atoms with Crippen molar-refractivity contribution in [2.24, 2.45) is 16.6 Å². The molecule has 2 heterocycles. The summed E-state index contributed by atoms with van der Waals surface area (Å²) in [5, 5.41) is 10.0. The van der Waals surface area contributed by atoms with E-state index in [1.807, 2.05) is 6.07 Å². The molecule has 1 aliphatic rings. The molecule has 1 aromatic heterocycles. The Labute approximate surface area is 146 Å². The third kappa shape index (κ3) is 5.05. The number of piperidine rings is 1. The Morgan fingerprint density at radius 1 is 1.65 bits per heavy atom. The summed E-state index contributed by atoms with van der Waals surface area (Å²) in [4.78, 5) is 7.23. The number of guanidine groups is 1. The lowest BCUT2D eigenvalue weighted by atomic mass is 10.0. The Bertz CT molecular complexity index is 455. The third-order valence-electron chi connectivity index (χ3n) is 3.33. The van der Waals surface area contributed by atoms with E-state index in [1.165, 1.54) is 17.8 Å². The third-order valence-corrected chi connectivity index (χ3v) is 4.66. The zero-order chi connectivity index (χ0) is 13.8. The lowest BCUT2D eigenvalue weighted by Crippen LogP contribution is -2.43. The van der Waals surface area contributed by atoms with Crippen LogP contribution in [0.2, 0.25) is 4.34 Å². The van der Waals surface area contributed by atoms with Crippen LogP contribution in [0.3, 0.4) is 0 Å². The molecule has 1 fully saturated rings. The zero-order valence-electron chi connectivity index (χ0n) is 11.5. The lowest BCUT2D eigenvalue weighted by molar-refractivity contribution is 0.190. The van der Waals surface area contributed by atoms with Crippen LogP contribution in [0.4, 0.5) is 0 Å². The summed E-state index contributed by atoms with van der Waals surface area (Å²) in [5.74, 6) is 1.19. The second kappa shape index (κ2) is 8.41. The van der Waals surface area contributed by atoms with Gasteiger partial charge in [-0.15, -0.1) is 35.3 Å². The van der Waals surface area contributed by atoms with Crippen molar-refractivity contribution in [3.63, 3.8) is 0 Å². The van der Waals surface area contributed by atoms with Crippen LogP contribution >= 0.6 is 46.9 Å². The molecule has 0 radical (unpaired) electrons. The summed E-state index contributed by atoms with van der Waals surface area (Å²) in [5.41, 5.74) is 5.98. The average molecular weight is 430 g/mol. The van der Waals surface area contributed by atoms with Crippen LogP contribution in [0.1, 0.15) is 30.7 Å². The number of hydrogen-bond donors (Lipinski definition) is 2. The van der Waals surface area contributed by atoms with Crippen molar-refractivity contribution in [2.75, 3.05) is 19.6 Å². The van der Waals surface area contributed by atoms with Gasteiger partial charge >= 0.3 is 0 Å². The number of likely N-dealkylation sites (tertiary alicyclic amines) is 1. The summed E-state index contributed by atoms with van der Waals surface area (Å²) in [6.07, 6.45) is 1.78. The van der Waals surface area contributed by atoms with Crippen molar-refractivity contribution in [3.05, 3.63) is 21.3 Å². The van der Waals surface area contributed by atoms with Crippen LogP contribution in [-0.4, -0.2) is 35.6 Å². The molecule has 4 nitrogen and oxygen atoms in total. The number of halogens is 2. The molecule has 1 aromatic rings. The lowest BCUT2D eigenvalue weighted by Gasteiger charge is -2.31. The molecule has 3 N–H and O–H groups in total. The molecule has 2 unspecified atom stereocenters. The van der Waals surface area contributed by atoms with Gasteiger partial charge in [-0.1, -0.05) is 18.5 Å². The van der Waals surface area contributed by atoms with E-state index in [4.69, 9.17) is 17.3 Å². The first-order valence-electron chi connectivity index (χ1n) is 6.54. The van der Waals surface area contributed by atoms with Crippen molar-refractivity contribution < 1.29 is 5.11 Å². The van der Waals surface area contributed by atoms with Gasteiger partial charge in [0.15, 0.2) is 5.96 Å². The van der Waals surface area contributed by atoms with E-state index < -0.39 is 6.10 Å². The minimum absolute atomic E-state index is 0. The molecule has 0 amide bonds. The van der Waals surface area contributed by atoms with Gasteiger partial charge in [-0.25, -0.2) is 0 Å². The van der Waals surface area contributed by atoms with Crippen molar-refractivity contribution in [1.82, 2.24) is 4.90 Å². The largest absolute Gasteiger partial charge is 0.386 e. The molecule has 1 saturated heterocycles. The van der Waals surface area contributed by atoms with Crippen LogP contribution in [-0.2, 0) is 0 Å². The van der Waals surface area contributed by atoms with Crippen LogP contribution < -0.4 is 5.73 Å². The zero-order valence-corrected chi connectivity index (χ0v) is 15.4. The van der Waals surface area contributed by atoms with Crippen LogP contribution in [0.5, 0.6) is 0 Å². The summed E-state index contributed by atoms with van der Waals surface area (Å²) in [6.45, 7) is 4.42. The Hall–Kier alpha value is -0.0500. The molecule has 7 heteroatoms. The molecular formula is C13H21ClIN3OS. The number of aliphatic imine (C=N–C) groups is 1. The first-order valence-corrected chi connectivity index (χ1v) is 7.74. The Morgan fingerprint density at radius 2 is 2.40 bits per heavy atom. The van der Waals surface area contributed by atoms with Gasteiger partial charge in [0.1, 0.15) is 6.10 Å². The van der Waals surface area contributed by atoms with Crippen molar-refractivity contribution in [2.45, 2.75) is 25.9 Å². The molecular weight excluding hydrogens is 409 g/mol. The number of aliphatic hydroxyl groups is 1. The minimum Gasteiger partial charge on any atom is -0.386 e. The maximum atomic E-state index is 10.0. The maximum Gasteiger partial charge on any atom is 0.191 e. The highest BCUT2D eigenvalue weighted by molar-refractivity contribution is 14.0. The van der Waals surface area contributed by atoms with Gasteiger partial charge in [0.25, 0.3) is 0 Å². The van der Waals surface area contributed by atoms with Crippen LogP contribution in [0, 0.1) is 5.92 Å². The average Bonchev–Trinajstić information content (AvgIpc) is 2.82. The highest BCUT2D eigenvalue weighted by Crippen LogP contribution is 2.27. The molecule has 0 saturated carbocycles. The SMILES string of the molecule is CC1CCCN(C(N)=NCC(O)c2ccc(Cl)s2)C1.I. The summed E-state index contributed by atoms with van der Waals surface area (Å²) in [6, 6.07) is 3.61. The predicted octanol–water partition coefficient (Wildman–Crippen LogP) is 3.10. The van der Waals surface area contributed by atoms with Crippen LogP contribution in [0.25, 0.3) is 0 Å². The van der Waals surface area contributed by atoms with Crippen molar-refractivity contribution in [1.29, 1.82) is 0 Å². The smallest absolute Gasteiger partial charge is 0.191 e. The predicted molar refractivity (Wildman–Crippen MR) is 96.2 cm³/mol. The second-order valence-electron chi connectivity index (χ2n) is 5.05. The molecule has 0 aliphatic carbocycles. The first-order chi connectivity index (χ1) is 9.06. The van der Waals surface area contributed by atoms with Gasteiger partial charge in [-0.05, 0) is 30.9 Å². The Kier molecular flexibility index (Phi) is 7.57. The molecule has 0 aromatic carbocycles. The molecule has 1 aliphatic heterocycles. The highest BCUT2D eigenvalue weighted by atomic mass is 127. The number of nitrogens with zero attached hydrogens (tertiary/aromatic N) is 2. The fourth-order valence-electron chi connectivity index (χ4n) is 2.27. The van der Waals surface area contributed by atoms with Gasteiger partial charge in [0.05, 0.1) is 10.9 Å². The van der Waals surface area contributed by atoms with E-state index in [1.54, 1.807) is 6.07 Å². The monoisotopic (exact) mass is 429 g/mol. The van der Waals surface area contributed by atoms with E-state index in [9.17, 15) is 5.11 Å². The number of hydrogen-bond acceptors (Lipinski definition) is 3. The normalized spacial score (nSPS) is 21.4. The molecule has 20 heavy (non-hydrogen) atoms. The number of aliphatic hydroxyl groups excluding tert-OH is 1. The van der Waals surface area contributed by atoms with Gasteiger partial charge in [0.2, 0.25) is 0 Å². The second-order valence-corrected chi connectivity index (χ2v) is 6.80. The van der Waals surface area contributed by atoms with E-state index >= 15 is 0 Å². The van der Waals surface area contributed by atoms with Gasteiger partial charge in [0, 0.05) is 18.0 Å². The quantitative estimate of drug-likeness (QED) is 0.441. The van der Waals surface area contributed by atoms with Crippen molar-refractivity contribution >= 4 is 52.9 Å². The molecule has 2 atom stereocenters. The first kappa shape index (κ1) is 18.0. The van der Waals surface area contributed by atoms with Gasteiger partial charge in [-0.3, -0.25) is 4.99 Å². The topological polar surface area (TPSA) is 61.8 Å². The summed E-state index contributed by atoms with van der Waals surface area (Å²) >= 11 is 7.22. The molecule has 0 spiro atoms. The van der Waals surface area contributed by atoms with Crippen molar-refractivity contribution in [3.8, 4) is 0 Å². The Balaban J connectivity index is 0.00000200. The van der Waals surface area contributed by atoms with Gasteiger partial charge in [-0.2, -0.15) is 0 Å². The summed E-state index contributed by atoms with van der Waals surface area (Å²) in [7, 11) is 0. The van der Waals surface area contributed by atoms with E-state index in [2.05, 4.69) is 16.8 Å². The number of rotatable bonds is 3. The van der Waals surface area contributed by atoms with E-state index in [0.717, 1.165) is 24.4 Å². The van der Waals surface area contributed by atoms with E-state index in [0.29, 0.717) is 16.2 Å². The minimum atomic E-state index is -0.627. The maximum absolute atomic E-state index is 10.0. The molecule has 0 bridgehead atoms. The van der Waals surface area contributed by atoms with Crippen LogP contribution in [0.15, 0.2) is 17.1 Å². The van der Waals surface area contributed by atoms with Gasteiger partial charge < -0.3 is 15.7 Å². The fourth-order valence-corrected chi connectivity index (χ4v) is 3.31. The Morgan fingerprint density at radius 3 is 3.00 bits per heavy atom. The standard InChI is InChI=1S/C13H20ClN3OS.HI/c1-9-3-2-6-17(8-9)13(15)16-7-10(18)11-4-5-12(14)19-11;/h4-5,9-10,18H,2-3,6-8H2,1H3,(H2,15,16);1H. The molecule has 2 rings (SSSR count). The molecule has 114 valence electrons.